The van der Waals surface area contributed by atoms with Crippen LogP contribution in [0, 0.1) is 11.8 Å². The van der Waals surface area contributed by atoms with Crippen LogP contribution in [-0.2, 0) is 9.59 Å². The zero-order valence-corrected chi connectivity index (χ0v) is 10.1. The van der Waals surface area contributed by atoms with Gasteiger partial charge in [-0.3, -0.25) is 9.59 Å². The largest absolute Gasteiger partial charge is 0.342 e. The number of ketones is 1. The van der Waals surface area contributed by atoms with E-state index < -0.39 is 0 Å². The van der Waals surface area contributed by atoms with Crippen LogP contribution in [0.25, 0.3) is 0 Å². The molecule has 2 aliphatic rings. The molecule has 2 saturated heterocycles. The highest BCUT2D eigenvalue weighted by molar-refractivity contribution is 5.83. The summed E-state index contributed by atoms with van der Waals surface area (Å²) in [6.45, 7) is 4.93. The maximum Gasteiger partial charge on any atom is 0.227 e. The molecule has 2 unspecified atom stereocenters. The van der Waals surface area contributed by atoms with Crippen LogP contribution in [0.15, 0.2) is 0 Å². The maximum absolute atomic E-state index is 12.1. The summed E-state index contributed by atoms with van der Waals surface area (Å²) in [6, 6.07) is 0. The van der Waals surface area contributed by atoms with Crippen LogP contribution in [-0.4, -0.2) is 54.7 Å². The molecule has 0 bridgehead atoms. The Morgan fingerprint density at radius 2 is 1.75 bits per heavy atom. The first-order valence-electron chi connectivity index (χ1n) is 6.05. The van der Waals surface area contributed by atoms with Crippen molar-refractivity contribution in [1.82, 2.24) is 9.80 Å². The van der Waals surface area contributed by atoms with Crippen molar-refractivity contribution >= 4 is 11.7 Å². The van der Waals surface area contributed by atoms with E-state index in [0.717, 1.165) is 32.5 Å². The lowest BCUT2D eigenvalue weighted by Crippen LogP contribution is -2.36. The third kappa shape index (κ3) is 2.26. The van der Waals surface area contributed by atoms with Gasteiger partial charge in [-0.05, 0) is 33.4 Å². The summed E-state index contributed by atoms with van der Waals surface area (Å²) in [5.74, 6) is 0.728. The van der Waals surface area contributed by atoms with E-state index in [-0.39, 0.29) is 23.5 Å². The van der Waals surface area contributed by atoms with E-state index in [4.69, 9.17) is 0 Å². The highest BCUT2D eigenvalue weighted by Gasteiger charge is 2.34. The summed E-state index contributed by atoms with van der Waals surface area (Å²) in [5, 5.41) is 0. The van der Waals surface area contributed by atoms with Crippen LogP contribution < -0.4 is 0 Å². The monoisotopic (exact) mass is 224 g/mol. The first-order chi connectivity index (χ1) is 7.58. The molecule has 0 saturated carbocycles. The van der Waals surface area contributed by atoms with Gasteiger partial charge in [0, 0.05) is 25.6 Å². The summed E-state index contributed by atoms with van der Waals surface area (Å²) in [7, 11) is 2.05. The molecule has 2 rings (SSSR count). The Morgan fingerprint density at radius 1 is 1.06 bits per heavy atom. The lowest BCUT2D eigenvalue weighted by Gasteiger charge is -2.20. The molecule has 16 heavy (non-hydrogen) atoms. The summed E-state index contributed by atoms with van der Waals surface area (Å²) in [6.07, 6.45) is 1.82. The predicted molar refractivity (Wildman–Crippen MR) is 61.0 cm³/mol. The quantitative estimate of drug-likeness (QED) is 0.680. The number of carbonyl (C=O) groups excluding carboxylic acids is 2. The SMILES string of the molecule is CC(=O)C1CCN(C(=O)C2CCN(C)C2)C1. The summed E-state index contributed by atoms with van der Waals surface area (Å²) < 4.78 is 0. The van der Waals surface area contributed by atoms with E-state index >= 15 is 0 Å². The first-order valence-corrected chi connectivity index (χ1v) is 6.05. The number of hydrogen-bond donors (Lipinski definition) is 0. The predicted octanol–water partition coefficient (Wildman–Crippen LogP) is 0.376. The molecular formula is C12H20N2O2. The number of nitrogens with zero attached hydrogens (tertiary/aromatic N) is 2. The molecule has 0 spiro atoms. The minimum atomic E-state index is 0.0862. The summed E-state index contributed by atoms with van der Waals surface area (Å²) in [5.41, 5.74) is 0. The van der Waals surface area contributed by atoms with E-state index in [9.17, 15) is 9.59 Å². The van der Waals surface area contributed by atoms with Gasteiger partial charge in [0.05, 0.1) is 5.92 Å². The second-order valence-corrected chi connectivity index (χ2v) is 5.13. The smallest absolute Gasteiger partial charge is 0.227 e. The molecular weight excluding hydrogens is 204 g/mol. The van der Waals surface area contributed by atoms with Crippen LogP contribution in [0.3, 0.4) is 0 Å². The number of amides is 1. The molecule has 4 nitrogen and oxygen atoms in total. The average molecular weight is 224 g/mol. The van der Waals surface area contributed by atoms with Crippen molar-refractivity contribution in [3.05, 3.63) is 0 Å². The molecule has 2 fully saturated rings. The first kappa shape index (κ1) is 11.6. The summed E-state index contributed by atoms with van der Waals surface area (Å²) in [4.78, 5) is 27.5. The van der Waals surface area contributed by atoms with Gasteiger partial charge >= 0.3 is 0 Å². The van der Waals surface area contributed by atoms with Crippen molar-refractivity contribution in [2.45, 2.75) is 19.8 Å². The average Bonchev–Trinajstić information content (AvgIpc) is 2.84. The van der Waals surface area contributed by atoms with E-state index in [1.807, 2.05) is 4.90 Å². The Bertz CT molecular complexity index is 303. The highest BCUT2D eigenvalue weighted by Crippen LogP contribution is 2.23. The number of rotatable bonds is 2. The number of hydrogen-bond acceptors (Lipinski definition) is 3. The Balaban J connectivity index is 1.89. The van der Waals surface area contributed by atoms with Crippen LogP contribution in [0.4, 0.5) is 0 Å². The molecule has 0 aromatic rings. The van der Waals surface area contributed by atoms with E-state index in [1.165, 1.54) is 0 Å². The Labute approximate surface area is 96.6 Å². The number of likely N-dealkylation sites (tertiary alicyclic amines) is 2. The van der Waals surface area contributed by atoms with Gasteiger partial charge in [0.25, 0.3) is 0 Å². The van der Waals surface area contributed by atoms with Crippen LogP contribution in [0.5, 0.6) is 0 Å². The standard InChI is InChI=1S/C12H20N2O2/c1-9(15)10-4-6-14(8-10)12(16)11-3-5-13(2)7-11/h10-11H,3-8H2,1-2H3. The van der Waals surface area contributed by atoms with E-state index in [1.54, 1.807) is 6.92 Å². The van der Waals surface area contributed by atoms with Crippen molar-refractivity contribution < 1.29 is 9.59 Å². The molecule has 0 radical (unpaired) electrons. The molecule has 1 amide bonds. The Hall–Kier alpha value is -0.900. The summed E-state index contributed by atoms with van der Waals surface area (Å²) >= 11 is 0. The number of carbonyl (C=O) groups is 2. The highest BCUT2D eigenvalue weighted by atomic mass is 16.2. The zero-order chi connectivity index (χ0) is 11.7. The van der Waals surface area contributed by atoms with Crippen molar-refractivity contribution in [2.24, 2.45) is 11.8 Å². The van der Waals surface area contributed by atoms with Crippen molar-refractivity contribution in [1.29, 1.82) is 0 Å². The molecule has 90 valence electrons. The third-order valence-corrected chi connectivity index (χ3v) is 3.82. The minimum absolute atomic E-state index is 0.0862. The van der Waals surface area contributed by atoms with E-state index in [0.29, 0.717) is 6.54 Å². The fourth-order valence-electron chi connectivity index (χ4n) is 2.69. The Kier molecular flexibility index (Phi) is 3.28. The second kappa shape index (κ2) is 4.53. The van der Waals surface area contributed by atoms with Crippen LogP contribution >= 0.6 is 0 Å². The zero-order valence-electron chi connectivity index (χ0n) is 10.1. The van der Waals surface area contributed by atoms with Gasteiger partial charge in [0.15, 0.2) is 0 Å². The van der Waals surface area contributed by atoms with Gasteiger partial charge < -0.3 is 9.80 Å². The fourth-order valence-corrected chi connectivity index (χ4v) is 2.69. The minimum Gasteiger partial charge on any atom is -0.342 e. The van der Waals surface area contributed by atoms with E-state index in [2.05, 4.69) is 11.9 Å². The van der Waals surface area contributed by atoms with Gasteiger partial charge in [0.1, 0.15) is 5.78 Å². The lowest BCUT2D eigenvalue weighted by atomic mass is 10.1. The fraction of sp³-hybridized carbons (Fsp3) is 0.833. The molecule has 4 heteroatoms. The van der Waals surface area contributed by atoms with Crippen molar-refractivity contribution in [2.75, 3.05) is 33.2 Å². The van der Waals surface area contributed by atoms with Crippen molar-refractivity contribution in [3.63, 3.8) is 0 Å². The molecule has 2 aliphatic heterocycles. The maximum atomic E-state index is 12.1. The second-order valence-electron chi connectivity index (χ2n) is 5.13. The topological polar surface area (TPSA) is 40.6 Å². The van der Waals surface area contributed by atoms with Gasteiger partial charge in [0.2, 0.25) is 5.91 Å². The molecule has 0 aliphatic carbocycles. The molecule has 0 aromatic carbocycles. The van der Waals surface area contributed by atoms with Gasteiger partial charge in [-0.2, -0.15) is 0 Å². The lowest BCUT2D eigenvalue weighted by molar-refractivity contribution is -0.134. The Morgan fingerprint density at radius 3 is 2.25 bits per heavy atom. The number of Topliss-reactive ketones (excluding diaryl/α,β-unsaturated/α-hetero) is 1. The van der Waals surface area contributed by atoms with Gasteiger partial charge in [-0.25, -0.2) is 0 Å². The molecule has 2 heterocycles. The molecule has 0 aromatic heterocycles. The molecule has 0 N–H and O–H groups in total. The molecule has 2 atom stereocenters. The third-order valence-electron chi connectivity index (χ3n) is 3.82. The van der Waals surface area contributed by atoms with Crippen LogP contribution in [0.1, 0.15) is 19.8 Å². The van der Waals surface area contributed by atoms with Gasteiger partial charge in [-0.1, -0.05) is 0 Å². The van der Waals surface area contributed by atoms with Gasteiger partial charge in [-0.15, -0.1) is 0 Å². The van der Waals surface area contributed by atoms with Crippen LogP contribution in [0.2, 0.25) is 0 Å². The van der Waals surface area contributed by atoms with Crippen molar-refractivity contribution in [3.8, 4) is 0 Å². The normalized spacial score (nSPS) is 31.0.